The van der Waals surface area contributed by atoms with E-state index in [1.165, 1.54) is 7.11 Å². The van der Waals surface area contributed by atoms with Crippen LogP contribution in [0.15, 0.2) is 65.1 Å². The topological polar surface area (TPSA) is 90.7 Å². The average molecular weight is 489 g/mol. The highest BCUT2D eigenvalue weighted by Crippen LogP contribution is 2.36. The van der Waals surface area contributed by atoms with Gasteiger partial charge in [-0.2, -0.15) is 0 Å². The molecule has 0 aliphatic rings. The van der Waals surface area contributed by atoms with E-state index >= 15 is 0 Å². The Bertz CT molecular complexity index is 1500. The molecule has 0 saturated carbocycles. The molecule has 5 rings (SSSR count). The minimum Gasteiger partial charge on any atom is -0.495 e. The normalized spacial score (nSPS) is 12.2. The third-order valence-electron chi connectivity index (χ3n) is 5.74. The number of benzene rings is 3. The number of hydrogen-bond donors (Lipinski definition) is 1. The smallest absolute Gasteiger partial charge is 0.306 e. The minimum absolute atomic E-state index is 0.210. The highest BCUT2D eigenvalue weighted by molar-refractivity contribution is 7.18. The first-order chi connectivity index (χ1) is 17.0. The van der Waals surface area contributed by atoms with Crippen molar-refractivity contribution in [1.29, 1.82) is 0 Å². The monoisotopic (exact) mass is 488 g/mol. The fraction of sp³-hybridized carbons (Fsp3) is 0.222. The summed E-state index contributed by atoms with van der Waals surface area (Å²) < 4.78 is 17.9. The van der Waals surface area contributed by atoms with Crippen LogP contribution in [0.25, 0.3) is 32.2 Å². The van der Waals surface area contributed by atoms with Gasteiger partial charge in [0, 0.05) is 23.3 Å². The number of carbonyl (C=O) groups is 2. The van der Waals surface area contributed by atoms with E-state index in [9.17, 15) is 9.59 Å². The number of aromatic nitrogens is 1. The molecule has 8 heteroatoms. The van der Waals surface area contributed by atoms with Crippen molar-refractivity contribution in [3.63, 3.8) is 0 Å². The van der Waals surface area contributed by atoms with Crippen molar-refractivity contribution in [2.45, 2.75) is 32.3 Å². The Balaban J connectivity index is 1.19. The molecule has 5 aromatic rings. The number of ether oxygens (including phenoxy) is 2. The van der Waals surface area contributed by atoms with Gasteiger partial charge in [-0.15, -0.1) is 11.3 Å². The van der Waals surface area contributed by atoms with Gasteiger partial charge in [-0.25, -0.2) is 4.98 Å². The van der Waals surface area contributed by atoms with E-state index < -0.39 is 18.0 Å². The zero-order chi connectivity index (χ0) is 24.4. The van der Waals surface area contributed by atoms with Crippen molar-refractivity contribution >= 4 is 61.1 Å². The van der Waals surface area contributed by atoms with Gasteiger partial charge in [0.15, 0.2) is 6.10 Å². The number of para-hydroxylation sites is 2. The molecular formula is C27H24N2O5S. The summed E-state index contributed by atoms with van der Waals surface area (Å²) in [6, 6.07) is 19.2. The van der Waals surface area contributed by atoms with Crippen LogP contribution in [-0.4, -0.2) is 30.1 Å². The quantitative estimate of drug-likeness (QED) is 0.266. The fourth-order valence-corrected chi connectivity index (χ4v) is 4.98. The number of thiazole rings is 1. The highest BCUT2D eigenvalue weighted by atomic mass is 32.1. The Morgan fingerprint density at radius 2 is 1.86 bits per heavy atom. The number of anilines is 1. The SMILES string of the molecule is COc1cc2c(cc1NC(=O)C(C)OC(=O)CCCc1nc3ccccc3s1)oc1ccccc12. The zero-order valence-electron chi connectivity index (χ0n) is 19.4. The number of hydrogen-bond acceptors (Lipinski definition) is 7. The Hall–Kier alpha value is -3.91. The maximum Gasteiger partial charge on any atom is 0.306 e. The van der Waals surface area contributed by atoms with Crippen molar-refractivity contribution in [3.8, 4) is 5.75 Å². The molecule has 7 nitrogen and oxygen atoms in total. The number of nitrogens with one attached hydrogen (secondary N) is 1. The molecule has 0 spiro atoms. The molecule has 0 aliphatic carbocycles. The first-order valence-electron chi connectivity index (χ1n) is 11.4. The number of nitrogens with zero attached hydrogens (tertiary/aromatic N) is 1. The summed E-state index contributed by atoms with van der Waals surface area (Å²) in [4.78, 5) is 29.6. The van der Waals surface area contributed by atoms with E-state index in [-0.39, 0.29) is 6.42 Å². The second kappa shape index (κ2) is 9.76. The largest absolute Gasteiger partial charge is 0.495 e. The van der Waals surface area contributed by atoms with Gasteiger partial charge in [0.25, 0.3) is 5.91 Å². The highest BCUT2D eigenvalue weighted by Gasteiger charge is 2.21. The molecule has 0 saturated heterocycles. The standard InChI is InChI=1S/C27H24N2O5S/c1-16(33-26(30)13-7-12-25-28-19-9-4-6-11-24(19)35-25)27(31)29-20-15-22-18(14-23(20)32-2)17-8-3-5-10-21(17)34-22/h3-6,8-11,14-16H,7,12-13H2,1-2H3,(H,29,31). The lowest BCUT2D eigenvalue weighted by Crippen LogP contribution is -2.30. The molecule has 0 bridgehead atoms. The molecule has 0 radical (unpaired) electrons. The number of fused-ring (bicyclic) bond motifs is 4. The van der Waals surface area contributed by atoms with Crippen LogP contribution >= 0.6 is 11.3 Å². The Kier molecular flexibility index (Phi) is 6.37. The average Bonchev–Trinajstić information content (AvgIpc) is 3.43. The van der Waals surface area contributed by atoms with Crippen LogP contribution in [0.5, 0.6) is 5.75 Å². The lowest BCUT2D eigenvalue weighted by molar-refractivity contribution is -0.153. The molecule has 178 valence electrons. The second-order valence-electron chi connectivity index (χ2n) is 8.20. The predicted molar refractivity (Wildman–Crippen MR) is 137 cm³/mol. The summed E-state index contributed by atoms with van der Waals surface area (Å²) in [6.07, 6.45) is 0.538. The van der Waals surface area contributed by atoms with Gasteiger partial charge in [-0.1, -0.05) is 30.3 Å². The number of amides is 1. The van der Waals surface area contributed by atoms with Gasteiger partial charge in [-0.05, 0) is 44.0 Å². The van der Waals surface area contributed by atoms with Crippen LogP contribution in [0.1, 0.15) is 24.8 Å². The number of rotatable bonds is 8. The Morgan fingerprint density at radius 3 is 2.69 bits per heavy atom. The fourth-order valence-electron chi connectivity index (χ4n) is 3.97. The zero-order valence-corrected chi connectivity index (χ0v) is 20.2. The summed E-state index contributed by atoms with van der Waals surface area (Å²) >= 11 is 1.63. The van der Waals surface area contributed by atoms with Gasteiger partial charge in [0.1, 0.15) is 16.9 Å². The van der Waals surface area contributed by atoms with Crippen LogP contribution in [0.2, 0.25) is 0 Å². The summed E-state index contributed by atoms with van der Waals surface area (Å²) in [6.45, 7) is 1.55. The third-order valence-corrected chi connectivity index (χ3v) is 6.84. The van der Waals surface area contributed by atoms with E-state index in [2.05, 4.69) is 10.3 Å². The molecule has 1 atom stereocenters. The van der Waals surface area contributed by atoms with Gasteiger partial charge in [0.05, 0.1) is 28.0 Å². The van der Waals surface area contributed by atoms with Gasteiger partial charge in [0.2, 0.25) is 0 Å². The molecule has 1 unspecified atom stereocenters. The van der Waals surface area contributed by atoms with Crippen molar-refractivity contribution < 1.29 is 23.5 Å². The predicted octanol–water partition coefficient (Wildman–Crippen LogP) is 6.10. The number of furan rings is 1. The first kappa shape index (κ1) is 22.9. The second-order valence-corrected chi connectivity index (χ2v) is 9.31. The lowest BCUT2D eigenvalue weighted by Gasteiger charge is -2.15. The van der Waals surface area contributed by atoms with Crippen LogP contribution < -0.4 is 10.1 Å². The molecule has 1 amide bonds. The van der Waals surface area contributed by atoms with Crippen LogP contribution in [0.3, 0.4) is 0 Å². The summed E-state index contributed by atoms with van der Waals surface area (Å²) in [5.74, 6) is -0.376. The number of carbonyl (C=O) groups excluding carboxylic acids is 2. The number of methoxy groups -OCH3 is 1. The van der Waals surface area contributed by atoms with E-state index in [1.54, 1.807) is 24.3 Å². The summed E-state index contributed by atoms with van der Waals surface area (Å²) in [5.41, 5.74) is 2.79. The Labute approximate surface area is 205 Å². The van der Waals surface area contributed by atoms with E-state index in [1.807, 2.05) is 54.6 Å². The van der Waals surface area contributed by atoms with Crippen molar-refractivity contribution in [1.82, 2.24) is 4.98 Å². The minimum atomic E-state index is -0.957. The first-order valence-corrected chi connectivity index (χ1v) is 12.2. The summed E-state index contributed by atoms with van der Waals surface area (Å²) in [5, 5.41) is 5.63. The van der Waals surface area contributed by atoms with Crippen LogP contribution in [0, 0.1) is 0 Å². The van der Waals surface area contributed by atoms with Crippen LogP contribution in [0.4, 0.5) is 5.69 Å². The van der Waals surface area contributed by atoms with E-state index in [4.69, 9.17) is 13.9 Å². The molecule has 2 aromatic heterocycles. The molecule has 2 heterocycles. The summed E-state index contributed by atoms with van der Waals surface area (Å²) in [7, 11) is 1.54. The number of esters is 1. The van der Waals surface area contributed by atoms with Gasteiger partial charge < -0.3 is 19.2 Å². The van der Waals surface area contributed by atoms with E-state index in [0.717, 1.165) is 31.6 Å². The van der Waals surface area contributed by atoms with Gasteiger partial charge >= 0.3 is 5.97 Å². The third kappa shape index (κ3) is 4.83. The lowest BCUT2D eigenvalue weighted by atomic mass is 10.1. The maximum absolute atomic E-state index is 12.7. The molecule has 3 aromatic carbocycles. The number of aryl methyl sites for hydroxylation is 1. The maximum atomic E-state index is 12.7. The molecule has 0 aliphatic heterocycles. The molecular weight excluding hydrogens is 464 g/mol. The molecule has 0 fully saturated rings. The van der Waals surface area contributed by atoms with Crippen molar-refractivity contribution in [3.05, 3.63) is 65.7 Å². The van der Waals surface area contributed by atoms with E-state index in [0.29, 0.717) is 29.9 Å². The van der Waals surface area contributed by atoms with Gasteiger partial charge in [-0.3, -0.25) is 9.59 Å². The van der Waals surface area contributed by atoms with Crippen LogP contribution in [-0.2, 0) is 20.7 Å². The van der Waals surface area contributed by atoms with Crippen molar-refractivity contribution in [2.75, 3.05) is 12.4 Å². The molecule has 1 N–H and O–H groups in total. The molecule has 35 heavy (non-hydrogen) atoms. The van der Waals surface area contributed by atoms with Crippen molar-refractivity contribution in [2.24, 2.45) is 0 Å². The Morgan fingerprint density at radius 1 is 1.06 bits per heavy atom.